The molecule has 2 atom stereocenters. The Labute approximate surface area is 206 Å². The zero-order chi connectivity index (χ0) is 26.8. The van der Waals surface area contributed by atoms with Gasteiger partial charge < -0.3 is 19.2 Å². The smallest absolute Gasteiger partial charge is 0.199 e. The van der Waals surface area contributed by atoms with Gasteiger partial charge in [0.05, 0.1) is 35.0 Å². The molecule has 2 aromatic carbocycles. The molecule has 1 fully saturated rings. The molecule has 7 nitrogen and oxygen atoms in total. The second-order valence-corrected chi connectivity index (χ2v) is 9.70. The van der Waals surface area contributed by atoms with Crippen LogP contribution in [-0.4, -0.2) is 53.7 Å². The second kappa shape index (κ2) is 8.28. The van der Waals surface area contributed by atoms with Gasteiger partial charge in [0.2, 0.25) is 0 Å². The van der Waals surface area contributed by atoms with Crippen molar-refractivity contribution in [2.45, 2.75) is 45.8 Å². The van der Waals surface area contributed by atoms with Gasteiger partial charge in [0.25, 0.3) is 0 Å². The lowest BCUT2D eigenvalue weighted by Crippen LogP contribution is -2.55. The Morgan fingerprint density at radius 3 is 2.54 bits per heavy atom. The third-order valence-electron chi connectivity index (χ3n) is 7.08. The van der Waals surface area contributed by atoms with Gasteiger partial charge in [0, 0.05) is 44.9 Å². The van der Waals surface area contributed by atoms with Crippen LogP contribution in [0.2, 0.25) is 0 Å². The number of benzene rings is 2. The van der Waals surface area contributed by atoms with Crippen LogP contribution in [0.1, 0.15) is 42.0 Å². The van der Waals surface area contributed by atoms with Crippen LogP contribution in [0.25, 0.3) is 32.8 Å². The van der Waals surface area contributed by atoms with Gasteiger partial charge in [-0.05, 0) is 52.9 Å². The van der Waals surface area contributed by atoms with Gasteiger partial charge in [-0.25, -0.2) is 4.39 Å². The van der Waals surface area contributed by atoms with Crippen molar-refractivity contribution in [3.63, 3.8) is 0 Å². The quantitative estimate of drug-likeness (QED) is 0.460. The molecule has 0 saturated carbocycles. The minimum Gasteiger partial charge on any atom is -0.494 e. The highest BCUT2D eigenvalue weighted by Gasteiger charge is 2.32. The van der Waals surface area contributed by atoms with Crippen LogP contribution in [0, 0.1) is 17.1 Å². The molecule has 0 radical (unpaired) electrons. The predicted octanol–water partition coefficient (Wildman–Crippen LogP) is 4.77. The van der Waals surface area contributed by atoms with E-state index in [-0.39, 0.29) is 45.9 Å². The van der Waals surface area contributed by atoms with Crippen molar-refractivity contribution >= 4 is 38.5 Å². The number of aromatic nitrogens is 2. The Hall–Kier alpha value is -3.57. The van der Waals surface area contributed by atoms with Crippen LogP contribution >= 0.6 is 0 Å². The van der Waals surface area contributed by atoms with E-state index in [0.717, 1.165) is 0 Å². The molecule has 0 bridgehead atoms. The number of piperazine rings is 1. The second-order valence-electron chi connectivity index (χ2n) is 9.70. The lowest BCUT2D eigenvalue weighted by Gasteiger charge is -2.44. The van der Waals surface area contributed by atoms with Crippen molar-refractivity contribution in [3.05, 3.63) is 45.9 Å². The number of hydrogen-bond donors (Lipinski definition) is 1. The molecule has 2 aromatic heterocycles. The number of fused-ring (bicyclic) bond motifs is 4. The van der Waals surface area contributed by atoms with Crippen molar-refractivity contribution in [1.82, 2.24) is 14.5 Å². The molecular formula is C27H30FN5O2. The largest absolute Gasteiger partial charge is 0.494 e. The zero-order valence-corrected chi connectivity index (χ0v) is 20.5. The maximum Gasteiger partial charge on any atom is 0.199 e. The van der Waals surface area contributed by atoms with Crippen molar-refractivity contribution < 1.29 is 11.9 Å². The van der Waals surface area contributed by atoms with Crippen molar-refractivity contribution in [1.29, 1.82) is 5.26 Å². The number of anilines is 1. The summed E-state index contributed by atoms with van der Waals surface area (Å²) < 4.78 is 39.9. The van der Waals surface area contributed by atoms with Gasteiger partial charge in [-0.15, -0.1) is 0 Å². The van der Waals surface area contributed by atoms with Crippen LogP contribution in [-0.2, 0) is 0 Å². The fourth-order valence-electron chi connectivity index (χ4n) is 5.41. The summed E-state index contributed by atoms with van der Waals surface area (Å²) in [5, 5.41) is 10.7. The van der Waals surface area contributed by atoms with Gasteiger partial charge in [-0.2, -0.15) is 5.26 Å². The molecule has 0 unspecified atom stereocenters. The highest BCUT2D eigenvalue weighted by Crippen LogP contribution is 2.40. The van der Waals surface area contributed by atoms with Crippen LogP contribution < -0.4 is 15.1 Å². The number of nitriles is 1. The number of pyridine rings is 1. The number of hydrogen-bond acceptors (Lipinski definition) is 5. The number of nitrogens with zero attached hydrogens (tertiary/aromatic N) is 4. The van der Waals surface area contributed by atoms with E-state index in [1.165, 1.54) is 7.11 Å². The molecule has 0 spiro atoms. The van der Waals surface area contributed by atoms with Crippen LogP contribution in [0.15, 0.2) is 29.1 Å². The normalized spacial score (nSPS) is 20.1. The number of halogens is 1. The molecule has 35 heavy (non-hydrogen) atoms. The lowest BCUT2D eigenvalue weighted by atomic mass is 10.0. The van der Waals surface area contributed by atoms with Crippen LogP contribution in [0.5, 0.6) is 5.75 Å². The van der Waals surface area contributed by atoms with Gasteiger partial charge in [-0.3, -0.25) is 9.69 Å². The first-order valence-electron chi connectivity index (χ1n) is 12.9. The first-order chi connectivity index (χ1) is 17.6. The van der Waals surface area contributed by atoms with E-state index in [1.54, 1.807) is 29.2 Å². The van der Waals surface area contributed by atoms with Gasteiger partial charge >= 0.3 is 0 Å². The van der Waals surface area contributed by atoms with E-state index in [4.69, 9.17) is 7.48 Å². The van der Waals surface area contributed by atoms with E-state index < -0.39 is 12.8 Å². The summed E-state index contributed by atoms with van der Waals surface area (Å²) in [7, 11) is 1.46. The molecule has 0 aliphatic carbocycles. The Morgan fingerprint density at radius 1 is 1.23 bits per heavy atom. The first-order valence-corrected chi connectivity index (χ1v) is 11.8. The molecule has 1 aliphatic rings. The number of nitrogens with one attached hydrogen (secondary N) is 1. The summed E-state index contributed by atoms with van der Waals surface area (Å²) in [5.74, 6) is -0.274. The monoisotopic (exact) mass is 477 g/mol. The number of H-pyrrole nitrogens is 1. The summed E-state index contributed by atoms with van der Waals surface area (Å²) in [5.41, 5.74) is 1.77. The third-order valence-corrected chi connectivity index (χ3v) is 7.08. The minimum atomic E-state index is -1.11. The Kier molecular flexibility index (Phi) is 4.91. The summed E-state index contributed by atoms with van der Waals surface area (Å²) in [6.45, 7) is 7.44. The third kappa shape index (κ3) is 3.37. The molecule has 1 aliphatic heterocycles. The maximum absolute atomic E-state index is 16.7. The molecule has 0 amide bonds. The Morgan fingerprint density at radius 2 is 1.94 bits per heavy atom. The molecule has 8 heteroatoms. The highest BCUT2D eigenvalue weighted by molar-refractivity contribution is 6.10. The number of likely N-dealkylation sites (N-methyl/N-ethyl adjacent to an activating group) is 1. The number of methoxy groups -OCH3 is 1. The molecule has 3 heterocycles. The van der Waals surface area contributed by atoms with E-state index in [0.29, 0.717) is 40.6 Å². The maximum atomic E-state index is 16.7. The average molecular weight is 478 g/mol. The fourth-order valence-corrected chi connectivity index (χ4v) is 5.41. The van der Waals surface area contributed by atoms with Gasteiger partial charge in [-0.1, -0.05) is 6.07 Å². The Balaban J connectivity index is 1.84. The summed E-state index contributed by atoms with van der Waals surface area (Å²) in [4.78, 5) is 20.8. The van der Waals surface area contributed by atoms with Gasteiger partial charge in [0.1, 0.15) is 17.1 Å². The number of ether oxygens (including phenoxy) is 1. The summed E-state index contributed by atoms with van der Waals surface area (Å²) in [6.07, 6.45) is 0. The van der Waals surface area contributed by atoms with Crippen molar-refractivity contribution in [3.8, 4) is 11.8 Å². The zero-order valence-electron chi connectivity index (χ0n) is 22.5. The minimum absolute atomic E-state index is 0.152. The van der Waals surface area contributed by atoms with E-state index in [2.05, 4.69) is 11.1 Å². The molecular weight excluding hydrogens is 445 g/mol. The fraction of sp³-hybridized carbons (Fsp3) is 0.407. The van der Waals surface area contributed by atoms with Crippen LogP contribution in [0.4, 0.5) is 10.1 Å². The lowest BCUT2D eigenvalue weighted by molar-refractivity contribution is 0.169. The molecule has 182 valence electrons. The van der Waals surface area contributed by atoms with Gasteiger partial charge in [0.15, 0.2) is 11.2 Å². The van der Waals surface area contributed by atoms with E-state index in [1.807, 2.05) is 37.2 Å². The SMILES string of the molecule is [2H]C([2H])N1[C@H](C)CN(c2c(OC)cc3c(=O)c4c5ccc(C#N)cc5[nH]c4n(C(C)C)c3c2F)C[C@@H]1C. The Bertz CT molecular complexity index is 1630. The van der Waals surface area contributed by atoms with Crippen molar-refractivity contribution in [2.24, 2.45) is 0 Å². The molecule has 1 saturated heterocycles. The molecule has 4 aromatic rings. The average Bonchev–Trinajstić information content (AvgIpc) is 3.21. The number of rotatable bonds is 3. The topological polar surface area (TPSA) is 77.3 Å². The van der Waals surface area contributed by atoms with E-state index >= 15 is 4.39 Å². The van der Waals surface area contributed by atoms with Crippen molar-refractivity contribution in [2.75, 3.05) is 32.1 Å². The van der Waals surface area contributed by atoms with E-state index in [9.17, 15) is 10.1 Å². The van der Waals surface area contributed by atoms with Crippen LogP contribution in [0.3, 0.4) is 0 Å². The molecule has 5 rings (SSSR count). The predicted molar refractivity (Wildman–Crippen MR) is 138 cm³/mol. The summed E-state index contributed by atoms with van der Waals surface area (Å²) >= 11 is 0. The standard InChI is InChI=1S/C27H30FN5O2/c1-14(2)33-24-19(26(34)22-18-8-7-17(11-29)9-20(18)30-27(22)33)10-21(35-6)25(23(24)28)32-12-15(3)31(5)16(4)13-32/h7-10,14-16,30H,12-13H2,1-6H3/t15-,16+/i5D2. The molecule has 1 N–H and O–H groups in total. The number of aromatic amines is 1. The summed E-state index contributed by atoms with van der Waals surface area (Å²) in [6, 6.07) is 8.37. The highest BCUT2D eigenvalue weighted by atomic mass is 19.1. The first kappa shape index (κ1) is 20.8.